The third kappa shape index (κ3) is 6.10. The Morgan fingerprint density at radius 1 is 0.356 bits per heavy atom. The average Bonchev–Trinajstić information content (AvgIpc) is 3.12. The van der Waals surface area contributed by atoms with Gasteiger partial charge in [0.25, 0.3) is 0 Å². The van der Waals surface area contributed by atoms with Crippen LogP contribution in [0.3, 0.4) is 0 Å². The van der Waals surface area contributed by atoms with Crippen molar-refractivity contribution in [3.8, 4) is 11.4 Å². The second-order valence-corrected chi connectivity index (χ2v) is 15.8. The van der Waals surface area contributed by atoms with Crippen LogP contribution in [0.15, 0.2) is 202 Å². The van der Waals surface area contributed by atoms with E-state index in [0.717, 1.165) is 31.2 Å². The highest BCUT2D eigenvalue weighted by molar-refractivity contribution is 8.06. The predicted octanol–water partition coefficient (Wildman–Crippen LogP) is 9.07. The Hall–Kier alpha value is -4.47. The Kier molecular flexibility index (Phi) is 8.88. The van der Waals surface area contributed by atoms with Crippen LogP contribution in [0.2, 0.25) is 0 Å². The molecule has 0 unspecified atom stereocenters. The molecule has 0 saturated carbocycles. The van der Waals surface area contributed by atoms with E-state index in [-0.39, 0.29) is 0 Å². The fourth-order valence-corrected chi connectivity index (χ4v) is 12.6. The van der Waals surface area contributed by atoms with Gasteiger partial charge in [-0.05, 0) is 60.7 Å². The van der Waals surface area contributed by atoms with E-state index in [1.807, 2.05) is 6.07 Å². The lowest BCUT2D eigenvalue weighted by Gasteiger charge is -2.30. The summed E-state index contributed by atoms with van der Waals surface area (Å²) in [6.07, 6.45) is 0. The molecule has 1 aromatic heterocycles. The third-order valence-electron chi connectivity index (χ3n) is 7.53. The fraction of sp³-hybridized carbons (Fsp3) is 0. The van der Waals surface area contributed by atoms with Gasteiger partial charge in [-0.2, -0.15) is 0 Å². The smallest absolute Gasteiger partial charge is 0.174 e. The summed E-state index contributed by atoms with van der Waals surface area (Å²) in [5, 5.41) is 6.92. The molecule has 5 heteroatoms. The minimum Gasteiger partial charge on any atom is -0.217 e. The van der Waals surface area contributed by atoms with Gasteiger partial charge in [0.15, 0.2) is 11.1 Å². The van der Waals surface area contributed by atoms with Crippen LogP contribution in [-0.4, -0.2) is 9.97 Å². The first-order valence-electron chi connectivity index (χ1n) is 14.8. The van der Waals surface area contributed by atoms with Crippen molar-refractivity contribution in [2.75, 3.05) is 0 Å². The number of hydrogen-bond donors (Lipinski definition) is 0. The predicted molar refractivity (Wildman–Crippen MR) is 193 cm³/mol. The van der Waals surface area contributed by atoms with E-state index in [1.165, 1.54) is 21.2 Å². The molecular weight excluding hydrogens is 604 g/mol. The van der Waals surface area contributed by atoms with E-state index in [2.05, 4.69) is 176 Å². The molecule has 0 bridgehead atoms. The van der Waals surface area contributed by atoms with Crippen LogP contribution in [0.4, 0.5) is 0 Å². The van der Waals surface area contributed by atoms with Crippen LogP contribution in [0.1, 0.15) is 0 Å². The maximum atomic E-state index is 5.45. The normalized spacial score (nSPS) is 11.3. The van der Waals surface area contributed by atoms with Gasteiger partial charge in [0, 0.05) is 15.4 Å². The first kappa shape index (κ1) is 29.3. The van der Waals surface area contributed by atoms with Crippen molar-refractivity contribution >= 4 is 52.0 Å². The zero-order valence-corrected chi connectivity index (χ0v) is 27.0. The number of aromatic nitrogens is 2. The highest BCUT2D eigenvalue weighted by Crippen LogP contribution is 2.58. The topological polar surface area (TPSA) is 25.8 Å². The monoisotopic (exact) mass is 633 g/mol. The molecule has 0 atom stereocenters. The molecule has 0 amide bonds. The van der Waals surface area contributed by atoms with Gasteiger partial charge >= 0.3 is 0 Å². The maximum Gasteiger partial charge on any atom is 0.174 e. The van der Waals surface area contributed by atoms with Crippen LogP contribution in [-0.2, 0) is 0 Å². The van der Waals surface area contributed by atoms with E-state index in [4.69, 9.17) is 9.97 Å². The van der Waals surface area contributed by atoms with Crippen LogP contribution in [0.25, 0.3) is 11.4 Å². The van der Waals surface area contributed by atoms with Gasteiger partial charge in [-0.1, -0.05) is 145 Å². The molecule has 216 valence electrons. The summed E-state index contributed by atoms with van der Waals surface area (Å²) in [6.45, 7) is 0. The quantitative estimate of drug-likeness (QED) is 0.117. The number of rotatable bonds is 9. The van der Waals surface area contributed by atoms with Crippen LogP contribution >= 0.6 is 30.8 Å². The standard InChI is InChI=1S/C40H30N2PS2/c1-7-19-31(20-8-1)38-41-39(44-35-27-15-5-16-28-35)37(40(42-38)45-36-29-17-6-18-30-36)43(32-21-9-2-10-22-32,33-23-11-3-12-24-33)34-25-13-4-14-26-34/h1-30H/q+1. The lowest BCUT2D eigenvalue weighted by Crippen LogP contribution is -2.41. The van der Waals surface area contributed by atoms with Gasteiger partial charge in [-0.25, -0.2) is 9.97 Å². The van der Waals surface area contributed by atoms with Gasteiger partial charge in [0.05, 0.1) is 0 Å². The number of hydrogen-bond acceptors (Lipinski definition) is 4. The molecule has 2 nitrogen and oxygen atoms in total. The summed E-state index contributed by atoms with van der Waals surface area (Å²) in [6, 6.07) is 64.4. The van der Waals surface area contributed by atoms with E-state index in [0.29, 0.717) is 0 Å². The van der Waals surface area contributed by atoms with Gasteiger partial charge in [0.2, 0.25) is 0 Å². The van der Waals surface area contributed by atoms with E-state index < -0.39 is 7.26 Å². The van der Waals surface area contributed by atoms with Crippen molar-refractivity contribution in [2.45, 2.75) is 19.8 Å². The van der Waals surface area contributed by atoms with Crippen LogP contribution < -0.4 is 21.2 Å². The average molecular weight is 634 g/mol. The zero-order chi connectivity index (χ0) is 30.3. The fourth-order valence-electron chi connectivity index (χ4n) is 5.55. The lowest BCUT2D eigenvalue weighted by atomic mass is 10.2. The molecule has 0 radical (unpaired) electrons. The SMILES string of the molecule is c1ccc(Sc2nc(-c3ccccc3)nc(Sc3ccccc3)c2[P+](c2ccccc2)(c2ccccc2)c2ccccc2)cc1. The molecule has 0 N–H and O–H groups in total. The second-order valence-electron chi connectivity index (χ2n) is 10.4. The van der Waals surface area contributed by atoms with E-state index in [9.17, 15) is 0 Å². The molecule has 7 rings (SSSR count). The molecule has 6 aromatic carbocycles. The summed E-state index contributed by atoms with van der Waals surface area (Å²) in [5.74, 6) is 0.725. The highest BCUT2D eigenvalue weighted by Gasteiger charge is 2.52. The van der Waals surface area contributed by atoms with Crippen molar-refractivity contribution < 1.29 is 0 Å². The van der Waals surface area contributed by atoms with Gasteiger partial charge in [0.1, 0.15) is 33.2 Å². The minimum atomic E-state index is -2.53. The van der Waals surface area contributed by atoms with Crippen molar-refractivity contribution in [3.63, 3.8) is 0 Å². The molecule has 0 spiro atoms. The summed E-state index contributed by atoms with van der Waals surface area (Å²) in [4.78, 5) is 13.2. The Morgan fingerprint density at radius 2 is 0.667 bits per heavy atom. The van der Waals surface area contributed by atoms with Crippen molar-refractivity contribution in [1.82, 2.24) is 9.97 Å². The molecule has 1 heterocycles. The minimum absolute atomic E-state index is 0.725. The molecule has 45 heavy (non-hydrogen) atoms. The molecular formula is C40H30N2PS2+. The molecule has 0 aliphatic heterocycles. The van der Waals surface area contributed by atoms with Gasteiger partial charge in [-0.15, -0.1) is 0 Å². The second kappa shape index (κ2) is 13.7. The third-order valence-corrected chi connectivity index (χ3v) is 14.1. The molecule has 0 fully saturated rings. The van der Waals surface area contributed by atoms with E-state index >= 15 is 0 Å². The van der Waals surface area contributed by atoms with Gasteiger partial charge in [-0.3, -0.25) is 0 Å². The Balaban J connectivity index is 1.64. The summed E-state index contributed by atoms with van der Waals surface area (Å²) < 4.78 is 0. The van der Waals surface area contributed by atoms with Crippen molar-refractivity contribution in [3.05, 3.63) is 182 Å². The van der Waals surface area contributed by atoms with Crippen LogP contribution in [0, 0.1) is 0 Å². The largest absolute Gasteiger partial charge is 0.217 e. The highest BCUT2D eigenvalue weighted by atomic mass is 32.2. The molecule has 0 aliphatic rings. The first-order valence-corrected chi connectivity index (χ1v) is 18.2. The Morgan fingerprint density at radius 3 is 1.02 bits per heavy atom. The Bertz CT molecular complexity index is 1820. The molecule has 7 aromatic rings. The van der Waals surface area contributed by atoms with Crippen molar-refractivity contribution in [1.29, 1.82) is 0 Å². The number of benzene rings is 6. The Labute approximate surface area is 274 Å². The maximum absolute atomic E-state index is 5.45. The molecule has 0 aliphatic carbocycles. The van der Waals surface area contributed by atoms with Crippen LogP contribution in [0.5, 0.6) is 0 Å². The zero-order valence-electron chi connectivity index (χ0n) is 24.5. The summed E-state index contributed by atoms with van der Waals surface area (Å²) in [7, 11) is -2.53. The summed E-state index contributed by atoms with van der Waals surface area (Å²) in [5.41, 5.74) is 0.997. The van der Waals surface area contributed by atoms with E-state index in [1.54, 1.807) is 23.5 Å². The van der Waals surface area contributed by atoms with Crippen molar-refractivity contribution in [2.24, 2.45) is 0 Å². The lowest BCUT2D eigenvalue weighted by molar-refractivity contribution is 1.00. The summed E-state index contributed by atoms with van der Waals surface area (Å²) >= 11 is 3.44. The van der Waals surface area contributed by atoms with Gasteiger partial charge < -0.3 is 0 Å². The first-order chi connectivity index (χ1) is 22.3. The number of nitrogens with zero attached hydrogens (tertiary/aromatic N) is 2. The molecule has 0 saturated heterocycles.